The number of carboxylic acid groups (broad SMARTS) is 1. The molecule has 1 N–H and O–H groups in total. The summed E-state index contributed by atoms with van der Waals surface area (Å²) in [5, 5.41) is 9.77. The Morgan fingerprint density at radius 1 is 1.00 bits per heavy atom. The minimum atomic E-state index is -0.899. The Bertz CT molecular complexity index is 726. The summed E-state index contributed by atoms with van der Waals surface area (Å²) in [7, 11) is 0. The van der Waals surface area contributed by atoms with Crippen LogP contribution in [0.25, 0.3) is 0 Å². The van der Waals surface area contributed by atoms with Gasteiger partial charge in [0, 0.05) is 6.54 Å². The van der Waals surface area contributed by atoms with Crippen LogP contribution in [0.1, 0.15) is 50.5 Å². The van der Waals surface area contributed by atoms with Crippen LogP contribution in [0.15, 0.2) is 30.3 Å². The monoisotopic (exact) mass is 383 g/mol. The first-order chi connectivity index (χ1) is 13.5. The van der Waals surface area contributed by atoms with E-state index < -0.39 is 18.1 Å². The molecular formula is C23H29NO4. The second-order valence-electron chi connectivity index (χ2n) is 9.76. The molecule has 6 rings (SSSR count). The maximum atomic E-state index is 12.7. The molecule has 5 fully saturated rings. The van der Waals surface area contributed by atoms with Crippen LogP contribution in [-0.4, -0.2) is 34.7 Å². The van der Waals surface area contributed by atoms with Crippen molar-refractivity contribution in [3.63, 3.8) is 0 Å². The minimum Gasteiger partial charge on any atom is -0.480 e. The molecule has 150 valence electrons. The number of hydrogen-bond donors (Lipinski definition) is 1. The summed E-state index contributed by atoms with van der Waals surface area (Å²) in [6.45, 7) is 0.724. The molecule has 1 saturated heterocycles. The van der Waals surface area contributed by atoms with E-state index >= 15 is 0 Å². The SMILES string of the molecule is O=C(O)[C@@H]1C[C@H](C23CC4CC(CC(C4)C2)C3)CN1C(=O)OCc1ccccc1. The van der Waals surface area contributed by atoms with Crippen molar-refractivity contribution in [2.24, 2.45) is 29.1 Å². The zero-order valence-electron chi connectivity index (χ0n) is 16.3. The first kappa shape index (κ1) is 18.0. The van der Waals surface area contributed by atoms with Crippen molar-refractivity contribution < 1.29 is 19.4 Å². The van der Waals surface area contributed by atoms with E-state index in [-0.39, 0.29) is 12.0 Å². The molecule has 2 atom stereocenters. The first-order valence-corrected chi connectivity index (χ1v) is 10.7. The number of ether oxygens (including phenoxy) is 1. The highest BCUT2D eigenvalue weighted by atomic mass is 16.6. The van der Waals surface area contributed by atoms with Gasteiger partial charge in [0.05, 0.1) is 0 Å². The largest absolute Gasteiger partial charge is 0.480 e. The highest BCUT2D eigenvalue weighted by molar-refractivity contribution is 5.80. The Morgan fingerprint density at radius 3 is 2.18 bits per heavy atom. The molecule has 1 aliphatic heterocycles. The Kier molecular flexibility index (Phi) is 4.37. The maximum absolute atomic E-state index is 12.7. The van der Waals surface area contributed by atoms with Crippen molar-refractivity contribution in [2.75, 3.05) is 6.54 Å². The van der Waals surface area contributed by atoms with Crippen molar-refractivity contribution >= 4 is 12.1 Å². The van der Waals surface area contributed by atoms with Crippen LogP contribution in [0, 0.1) is 29.1 Å². The van der Waals surface area contributed by atoms with Gasteiger partial charge in [-0.15, -0.1) is 0 Å². The summed E-state index contributed by atoms with van der Waals surface area (Å²) in [6.07, 6.45) is 7.94. The third-order valence-electron chi connectivity index (χ3n) is 7.98. The molecule has 5 nitrogen and oxygen atoms in total. The topological polar surface area (TPSA) is 66.8 Å². The molecule has 5 aliphatic rings. The second kappa shape index (κ2) is 6.78. The number of likely N-dealkylation sites (tertiary alicyclic amines) is 1. The number of nitrogens with zero attached hydrogens (tertiary/aromatic N) is 1. The first-order valence-electron chi connectivity index (χ1n) is 10.7. The average molecular weight is 383 g/mol. The normalized spacial score (nSPS) is 38.6. The van der Waals surface area contributed by atoms with Gasteiger partial charge in [-0.05, 0) is 79.6 Å². The van der Waals surface area contributed by atoms with Gasteiger partial charge >= 0.3 is 12.1 Å². The lowest BCUT2D eigenvalue weighted by atomic mass is 9.46. The van der Waals surface area contributed by atoms with Gasteiger partial charge in [0.2, 0.25) is 0 Å². The van der Waals surface area contributed by atoms with Crippen LogP contribution in [-0.2, 0) is 16.1 Å². The number of carbonyl (C=O) groups excluding carboxylic acids is 1. The lowest BCUT2D eigenvalue weighted by molar-refractivity contribution is -0.141. The third kappa shape index (κ3) is 3.09. The summed E-state index contributed by atoms with van der Waals surface area (Å²) < 4.78 is 5.48. The number of carboxylic acids is 1. The van der Waals surface area contributed by atoms with Crippen molar-refractivity contribution in [3.05, 3.63) is 35.9 Å². The van der Waals surface area contributed by atoms with Gasteiger partial charge < -0.3 is 9.84 Å². The van der Waals surface area contributed by atoms with Gasteiger partial charge in [-0.25, -0.2) is 9.59 Å². The van der Waals surface area contributed by atoms with Crippen LogP contribution in [0.5, 0.6) is 0 Å². The van der Waals surface area contributed by atoms with Crippen LogP contribution >= 0.6 is 0 Å². The zero-order valence-corrected chi connectivity index (χ0v) is 16.3. The van der Waals surface area contributed by atoms with Crippen molar-refractivity contribution in [3.8, 4) is 0 Å². The summed E-state index contributed by atoms with van der Waals surface area (Å²) in [4.78, 5) is 26.2. The van der Waals surface area contributed by atoms with Crippen LogP contribution < -0.4 is 0 Å². The predicted molar refractivity (Wildman–Crippen MR) is 103 cm³/mol. The van der Waals surface area contributed by atoms with Crippen molar-refractivity contribution in [2.45, 2.75) is 57.6 Å². The summed E-state index contributed by atoms with van der Waals surface area (Å²) in [5.41, 5.74) is 1.18. The summed E-state index contributed by atoms with van der Waals surface area (Å²) in [5.74, 6) is 1.88. The van der Waals surface area contributed by atoms with E-state index in [2.05, 4.69) is 0 Å². The zero-order chi connectivity index (χ0) is 19.3. The molecule has 0 radical (unpaired) electrons. The van der Waals surface area contributed by atoms with E-state index in [9.17, 15) is 14.7 Å². The Hall–Kier alpha value is -2.04. The fraction of sp³-hybridized carbons (Fsp3) is 0.652. The van der Waals surface area contributed by atoms with E-state index in [1.54, 1.807) is 0 Å². The van der Waals surface area contributed by atoms with Crippen LogP contribution in [0.3, 0.4) is 0 Å². The van der Waals surface area contributed by atoms with Crippen LogP contribution in [0.2, 0.25) is 0 Å². The molecule has 4 saturated carbocycles. The maximum Gasteiger partial charge on any atom is 0.410 e. The van der Waals surface area contributed by atoms with Crippen molar-refractivity contribution in [1.29, 1.82) is 0 Å². The predicted octanol–water partition coefficient (Wildman–Crippen LogP) is 4.31. The molecule has 1 heterocycles. The smallest absolute Gasteiger partial charge is 0.410 e. The Balaban J connectivity index is 1.30. The third-order valence-corrected chi connectivity index (χ3v) is 7.98. The fourth-order valence-electron chi connectivity index (χ4n) is 7.20. The summed E-state index contributed by atoms with van der Waals surface area (Å²) >= 11 is 0. The Morgan fingerprint density at radius 2 is 1.61 bits per heavy atom. The second-order valence-corrected chi connectivity index (χ2v) is 9.76. The van der Waals surface area contributed by atoms with Crippen LogP contribution in [0.4, 0.5) is 4.79 Å². The highest BCUT2D eigenvalue weighted by Gasteiger charge is 2.57. The minimum absolute atomic E-state index is 0.185. The Labute approximate surface area is 166 Å². The van der Waals surface area contributed by atoms with E-state index in [1.165, 1.54) is 43.4 Å². The summed E-state index contributed by atoms with van der Waals surface area (Å²) in [6, 6.07) is 8.79. The van der Waals surface area contributed by atoms with Gasteiger partial charge in [0.15, 0.2) is 0 Å². The van der Waals surface area contributed by atoms with Gasteiger partial charge in [-0.2, -0.15) is 0 Å². The van der Waals surface area contributed by atoms with E-state index in [1.807, 2.05) is 30.3 Å². The molecule has 1 amide bonds. The standard InChI is InChI=1S/C23H29NO4/c25-21(26)20-9-19(23-10-16-6-17(11-23)8-18(7-16)12-23)13-24(20)22(27)28-14-15-4-2-1-3-5-15/h1-5,16-20H,6-14H2,(H,25,26)/t16?,17?,18?,19-,20-,23?/m0/s1. The molecule has 1 aromatic carbocycles. The van der Waals surface area contributed by atoms with E-state index in [0.29, 0.717) is 18.9 Å². The average Bonchev–Trinajstić information content (AvgIpc) is 3.13. The van der Waals surface area contributed by atoms with Gasteiger partial charge in [-0.1, -0.05) is 30.3 Å². The number of hydrogen-bond acceptors (Lipinski definition) is 3. The van der Waals surface area contributed by atoms with Gasteiger partial charge in [-0.3, -0.25) is 4.90 Å². The van der Waals surface area contributed by atoms with E-state index in [0.717, 1.165) is 23.3 Å². The molecule has 0 unspecified atom stereocenters. The quantitative estimate of drug-likeness (QED) is 0.841. The van der Waals surface area contributed by atoms with E-state index in [4.69, 9.17) is 4.74 Å². The molecule has 1 aromatic rings. The molecule has 4 bridgehead atoms. The highest BCUT2D eigenvalue weighted by Crippen LogP contribution is 2.64. The number of carbonyl (C=O) groups is 2. The molecule has 0 aromatic heterocycles. The molecular weight excluding hydrogens is 354 g/mol. The lowest BCUT2D eigenvalue weighted by Gasteiger charge is -2.59. The molecule has 28 heavy (non-hydrogen) atoms. The molecule has 0 spiro atoms. The number of benzene rings is 1. The van der Waals surface area contributed by atoms with Crippen molar-refractivity contribution in [1.82, 2.24) is 4.90 Å². The van der Waals surface area contributed by atoms with Gasteiger partial charge in [0.1, 0.15) is 12.6 Å². The number of amides is 1. The molecule has 4 aliphatic carbocycles. The number of aliphatic carboxylic acids is 1. The van der Waals surface area contributed by atoms with Gasteiger partial charge in [0.25, 0.3) is 0 Å². The number of rotatable bonds is 4. The fourth-order valence-corrected chi connectivity index (χ4v) is 7.20. The lowest BCUT2D eigenvalue weighted by Crippen LogP contribution is -2.50. The molecule has 5 heteroatoms.